The van der Waals surface area contributed by atoms with Crippen LogP contribution in [0.4, 0.5) is 10.6 Å². The predicted molar refractivity (Wildman–Crippen MR) is 176 cm³/mol. The second-order valence-electron chi connectivity index (χ2n) is 11.8. The minimum absolute atomic E-state index is 0.256. The number of aromatic nitrogens is 2. The van der Waals surface area contributed by atoms with Crippen LogP contribution < -0.4 is 19.5 Å². The third kappa shape index (κ3) is 9.27. The highest BCUT2D eigenvalue weighted by atomic mass is 16.6. The predicted octanol–water partition coefficient (Wildman–Crippen LogP) is 5.95. The average Bonchev–Trinajstić information content (AvgIpc) is 3.11. The number of nitrogens with one attached hydrogen (secondary N) is 1. The Kier molecular flexibility index (Phi) is 10.6. The first-order valence-electron chi connectivity index (χ1n) is 15.9. The van der Waals surface area contributed by atoms with Gasteiger partial charge in [0.05, 0.1) is 26.0 Å². The van der Waals surface area contributed by atoms with Gasteiger partial charge in [-0.2, -0.15) is 0 Å². The molecule has 244 valence electrons. The maximum atomic E-state index is 12.8. The number of benzene rings is 2. The van der Waals surface area contributed by atoms with Crippen LogP contribution in [0.5, 0.6) is 23.1 Å². The summed E-state index contributed by atoms with van der Waals surface area (Å²) in [5.41, 5.74) is 2.77. The van der Waals surface area contributed by atoms with Gasteiger partial charge < -0.3 is 29.2 Å². The molecular formula is C36H39N5O6. The molecule has 2 aromatic carbocycles. The Morgan fingerprint density at radius 1 is 0.830 bits per heavy atom. The van der Waals surface area contributed by atoms with Crippen molar-refractivity contribution in [2.45, 2.75) is 26.3 Å². The molecule has 1 N–H and O–H groups in total. The van der Waals surface area contributed by atoms with Crippen molar-refractivity contribution < 1.29 is 28.5 Å². The van der Waals surface area contributed by atoms with Crippen LogP contribution in [0.3, 0.4) is 0 Å². The SMILES string of the molecule is Cc1ccc(Oc2ccc(OCC3CCN(C(=O)Oc4ccc(NC(=O)c5ccc(CN6CCOCC6)cc5)nc4)CC3)cc2)nc1. The Bertz CT molecular complexity index is 1600. The number of hydrogen-bond donors (Lipinski definition) is 1. The zero-order valence-electron chi connectivity index (χ0n) is 26.5. The minimum Gasteiger partial charge on any atom is -0.493 e. The molecule has 2 aromatic heterocycles. The maximum absolute atomic E-state index is 12.8. The van der Waals surface area contributed by atoms with E-state index in [1.54, 1.807) is 23.2 Å². The summed E-state index contributed by atoms with van der Waals surface area (Å²) in [7, 11) is 0. The number of ether oxygens (including phenoxy) is 4. The van der Waals surface area contributed by atoms with Gasteiger partial charge in [-0.15, -0.1) is 0 Å². The molecule has 2 aliphatic rings. The number of nitrogens with zero attached hydrogens (tertiary/aromatic N) is 4. The summed E-state index contributed by atoms with van der Waals surface area (Å²) in [4.78, 5) is 38.1. The number of hydrogen-bond acceptors (Lipinski definition) is 9. The maximum Gasteiger partial charge on any atom is 0.415 e. The molecule has 6 rings (SSSR count). The zero-order chi connectivity index (χ0) is 32.4. The summed E-state index contributed by atoms with van der Waals surface area (Å²) >= 11 is 0. The molecule has 2 saturated heterocycles. The highest BCUT2D eigenvalue weighted by Crippen LogP contribution is 2.25. The second-order valence-corrected chi connectivity index (χ2v) is 11.8. The smallest absolute Gasteiger partial charge is 0.415 e. The molecule has 0 aliphatic carbocycles. The van der Waals surface area contributed by atoms with Gasteiger partial charge in [-0.05, 0) is 85.3 Å². The molecule has 2 amide bonds. The van der Waals surface area contributed by atoms with Crippen molar-refractivity contribution in [2.75, 3.05) is 51.3 Å². The molecule has 2 fully saturated rings. The third-order valence-corrected chi connectivity index (χ3v) is 8.20. The van der Waals surface area contributed by atoms with Crippen molar-refractivity contribution in [3.63, 3.8) is 0 Å². The van der Waals surface area contributed by atoms with Crippen molar-refractivity contribution in [1.82, 2.24) is 19.8 Å². The molecule has 0 unspecified atom stereocenters. The van der Waals surface area contributed by atoms with Gasteiger partial charge in [-0.3, -0.25) is 9.69 Å². The molecule has 0 radical (unpaired) electrons. The van der Waals surface area contributed by atoms with E-state index in [9.17, 15) is 9.59 Å². The Morgan fingerprint density at radius 2 is 1.55 bits per heavy atom. The number of aryl methyl sites for hydroxylation is 1. The number of carbonyl (C=O) groups is 2. The lowest BCUT2D eigenvalue weighted by Gasteiger charge is -2.31. The van der Waals surface area contributed by atoms with Gasteiger partial charge >= 0.3 is 6.09 Å². The highest BCUT2D eigenvalue weighted by molar-refractivity contribution is 6.03. The Balaban J connectivity index is 0.895. The lowest BCUT2D eigenvalue weighted by molar-refractivity contribution is 0.0342. The zero-order valence-corrected chi connectivity index (χ0v) is 26.5. The van der Waals surface area contributed by atoms with E-state index >= 15 is 0 Å². The topological polar surface area (TPSA) is 115 Å². The first kappa shape index (κ1) is 32.0. The summed E-state index contributed by atoms with van der Waals surface area (Å²) in [6.45, 7) is 7.87. The van der Waals surface area contributed by atoms with E-state index < -0.39 is 6.09 Å². The molecular weight excluding hydrogens is 598 g/mol. The number of morpholine rings is 1. The second kappa shape index (κ2) is 15.5. The number of pyridine rings is 2. The first-order valence-corrected chi connectivity index (χ1v) is 15.9. The van der Waals surface area contributed by atoms with Gasteiger partial charge in [-0.1, -0.05) is 18.2 Å². The van der Waals surface area contributed by atoms with Crippen molar-refractivity contribution in [3.05, 3.63) is 102 Å². The number of carbonyl (C=O) groups excluding carboxylic acids is 2. The van der Waals surface area contributed by atoms with E-state index in [-0.39, 0.29) is 5.91 Å². The van der Waals surface area contributed by atoms with Gasteiger partial charge in [0.1, 0.15) is 17.3 Å². The van der Waals surface area contributed by atoms with Crippen LogP contribution in [0.1, 0.15) is 34.3 Å². The largest absolute Gasteiger partial charge is 0.493 e. The molecule has 11 heteroatoms. The van der Waals surface area contributed by atoms with Crippen LogP contribution in [0, 0.1) is 12.8 Å². The molecule has 0 bridgehead atoms. The molecule has 0 saturated carbocycles. The van der Waals surface area contributed by atoms with Crippen LogP contribution in [0.15, 0.2) is 85.2 Å². The highest BCUT2D eigenvalue weighted by Gasteiger charge is 2.25. The van der Waals surface area contributed by atoms with E-state index in [4.69, 9.17) is 18.9 Å². The van der Waals surface area contributed by atoms with Crippen LogP contribution in [-0.2, 0) is 11.3 Å². The van der Waals surface area contributed by atoms with Crippen LogP contribution >= 0.6 is 0 Å². The minimum atomic E-state index is -0.418. The van der Waals surface area contributed by atoms with E-state index in [0.29, 0.717) is 54.4 Å². The van der Waals surface area contributed by atoms with Gasteiger partial charge in [0.2, 0.25) is 5.88 Å². The summed E-state index contributed by atoms with van der Waals surface area (Å²) in [6.07, 6.45) is 4.41. The van der Waals surface area contributed by atoms with Crippen LogP contribution in [0.25, 0.3) is 0 Å². The fraction of sp³-hybridized carbons (Fsp3) is 0.333. The summed E-state index contributed by atoms with van der Waals surface area (Å²) < 4.78 is 22.7. The molecule has 2 aliphatic heterocycles. The Labute approximate surface area is 274 Å². The van der Waals surface area contributed by atoms with Crippen LogP contribution in [-0.4, -0.2) is 77.8 Å². The van der Waals surface area contributed by atoms with Crippen molar-refractivity contribution in [2.24, 2.45) is 5.92 Å². The lowest BCUT2D eigenvalue weighted by atomic mass is 9.98. The van der Waals surface area contributed by atoms with Crippen LogP contribution in [0.2, 0.25) is 0 Å². The normalized spacial score (nSPS) is 15.6. The monoisotopic (exact) mass is 637 g/mol. The van der Waals surface area contributed by atoms with Gasteiger partial charge in [0.15, 0.2) is 5.75 Å². The fourth-order valence-electron chi connectivity index (χ4n) is 5.38. The number of likely N-dealkylation sites (tertiary alicyclic amines) is 1. The van der Waals surface area contributed by atoms with Gasteiger partial charge in [0.25, 0.3) is 5.91 Å². The van der Waals surface area contributed by atoms with Gasteiger partial charge in [-0.25, -0.2) is 14.8 Å². The number of rotatable bonds is 10. The van der Waals surface area contributed by atoms with Crippen molar-refractivity contribution in [1.29, 1.82) is 0 Å². The average molecular weight is 638 g/mol. The van der Waals surface area contributed by atoms with E-state index in [1.807, 2.05) is 67.6 Å². The summed E-state index contributed by atoms with van der Waals surface area (Å²) in [5.74, 6) is 2.77. The Hall–Kier alpha value is -5.00. The van der Waals surface area contributed by atoms with Crippen molar-refractivity contribution >= 4 is 17.8 Å². The molecule has 11 nitrogen and oxygen atoms in total. The first-order chi connectivity index (χ1) is 23.0. The lowest BCUT2D eigenvalue weighted by Crippen LogP contribution is -2.41. The standard InChI is InChI=1S/C36H39N5O6/c1-26-2-13-34(38-22-26)46-31-9-7-30(8-10-31)45-25-28-14-16-41(17-15-28)36(43)47-32-11-12-33(37-23-32)39-35(42)29-5-3-27(4-6-29)24-40-18-20-44-21-19-40/h2-13,22-23,28H,14-21,24-25H2,1H3,(H,37,39,42). The molecule has 0 spiro atoms. The Morgan fingerprint density at radius 3 is 2.23 bits per heavy atom. The number of piperidine rings is 1. The summed E-state index contributed by atoms with van der Waals surface area (Å²) in [6, 6.07) is 22.1. The van der Waals surface area contributed by atoms with Crippen molar-refractivity contribution in [3.8, 4) is 23.1 Å². The summed E-state index contributed by atoms with van der Waals surface area (Å²) in [5, 5.41) is 2.80. The molecule has 47 heavy (non-hydrogen) atoms. The fourth-order valence-corrected chi connectivity index (χ4v) is 5.38. The third-order valence-electron chi connectivity index (χ3n) is 8.20. The quantitative estimate of drug-likeness (QED) is 0.225. The number of amides is 2. The molecule has 0 atom stereocenters. The van der Waals surface area contributed by atoms with E-state index in [0.717, 1.165) is 62.6 Å². The van der Waals surface area contributed by atoms with E-state index in [1.165, 1.54) is 6.20 Å². The molecule has 4 heterocycles. The number of anilines is 1. The van der Waals surface area contributed by atoms with Gasteiger partial charge in [0, 0.05) is 50.6 Å². The van der Waals surface area contributed by atoms with E-state index in [2.05, 4.69) is 20.2 Å². The molecule has 4 aromatic rings.